The van der Waals surface area contributed by atoms with E-state index >= 15 is 0 Å². The van der Waals surface area contributed by atoms with Gasteiger partial charge in [-0.25, -0.2) is 4.99 Å². The second kappa shape index (κ2) is 14.4. The van der Waals surface area contributed by atoms with Crippen molar-refractivity contribution in [2.45, 2.75) is 19.9 Å². The zero-order chi connectivity index (χ0) is 21.1. The number of morpholine rings is 1. The molecule has 2 rings (SSSR count). The SMILES string of the molecule is COc1cc(C)cc(CN=C(NCCCN2CCOCC2)NCC(=O)N(C)C)c1.I. The maximum absolute atomic E-state index is 11.9. The van der Waals surface area contributed by atoms with Gasteiger partial charge in [0.1, 0.15) is 5.75 Å². The summed E-state index contributed by atoms with van der Waals surface area (Å²) in [5.74, 6) is 1.47. The van der Waals surface area contributed by atoms with Crippen LogP contribution in [0.3, 0.4) is 0 Å². The Balaban J connectivity index is 0.00000450. The average Bonchev–Trinajstić information content (AvgIpc) is 2.72. The van der Waals surface area contributed by atoms with E-state index in [9.17, 15) is 4.79 Å². The van der Waals surface area contributed by atoms with Crippen LogP contribution in [0.4, 0.5) is 0 Å². The summed E-state index contributed by atoms with van der Waals surface area (Å²) in [6.45, 7) is 8.17. The van der Waals surface area contributed by atoms with Crippen LogP contribution in [-0.4, -0.2) is 88.8 Å². The van der Waals surface area contributed by atoms with Crippen LogP contribution in [0.5, 0.6) is 5.75 Å². The highest BCUT2D eigenvalue weighted by atomic mass is 127. The second-order valence-electron chi connectivity index (χ2n) is 7.40. The highest BCUT2D eigenvalue weighted by Crippen LogP contribution is 2.16. The fourth-order valence-corrected chi connectivity index (χ4v) is 3.03. The topological polar surface area (TPSA) is 78.4 Å². The van der Waals surface area contributed by atoms with Crippen LogP contribution in [0.15, 0.2) is 23.2 Å². The first-order valence-corrected chi connectivity index (χ1v) is 10.1. The van der Waals surface area contributed by atoms with E-state index < -0.39 is 0 Å². The molecule has 0 atom stereocenters. The van der Waals surface area contributed by atoms with Gasteiger partial charge in [-0.15, -0.1) is 24.0 Å². The third-order valence-electron chi connectivity index (χ3n) is 4.72. The number of aryl methyl sites for hydroxylation is 1. The van der Waals surface area contributed by atoms with Crippen LogP contribution in [0.1, 0.15) is 17.5 Å². The molecule has 1 saturated heterocycles. The van der Waals surface area contributed by atoms with E-state index in [1.165, 1.54) is 0 Å². The van der Waals surface area contributed by atoms with Crippen LogP contribution in [0.25, 0.3) is 0 Å². The summed E-state index contributed by atoms with van der Waals surface area (Å²) in [5.41, 5.74) is 2.19. The molecule has 0 aliphatic carbocycles. The number of rotatable bonds is 9. The fourth-order valence-electron chi connectivity index (χ4n) is 3.03. The van der Waals surface area contributed by atoms with Gasteiger partial charge in [0.05, 0.1) is 33.4 Å². The van der Waals surface area contributed by atoms with E-state index in [1.807, 2.05) is 19.1 Å². The van der Waals surface area contributed by atoms with Crippen LogP contribution < -0.4 is 15.4 Å². The highest BCUT2D eigenvalue weighted by Gasteiger charge is 2.10. The number of hydrogen-bond donors (Lipinski definition) is 2. The molecule has 8 nitrogen and oxygen atoms in total. The van der Waals surface area contributed by atoms with E-state index in [1.54, 1.807) is 26.1 Å². The number of ether oxygens (including phenoxy) is 2. The van der Waals surface area contributed by atoms with E-state index in [4.69, 9.17) is 9.47 Å². The summed E-state index contributed by atoms with van der Waals surface area (Å²) >= 11 is 0. The molecule has 1 heterocycles. The summed E-state index contributed by atoms with van der Waals surface area (Å²) in [5, 5.41) is 6.48. The molecule has 1 aromatic carbocycles. The lowest BCUT2D eigenvalue weighted by Crippen LogP contribution is -2.44. The zero-order valence-electron chi connectivity index (χ0n) is 18.6. The molecule has 170 valence electrons. The van der Waals surface area contributed by atoms with Gasteiger partial charge in [0, 0.05) is 33.7 Å². The van der Waals surface area contributed by atoms with E-state index in [2.05, 4.69) is 26.6 Å². The van der Waals surface area contributed by atoms with Gasteiger partial charge in [-0.05, 0) is 43.1 Å². The third-order valence-corrected chi connectivity index (χ3v) is 4.72. The summed E-state index contributed by atoms with van der Waals surface area (Å²) in [7, 11) is 5.16. The number of nitrogens with zero attached hydrogens (tertiary/aromatic N) is 3. The van der Waals surface area contributed by atoms with E-state index in [0.717, 1.165) is 62.7 Å². The lowest BCUT2D eigenvalue weighted by Gasteiger charge is -2.26. The standard InChI is InChI=1S/C21H35N5O3.HI/c1-17-12-18(14-19(13-17)28-4)15-23-21(24-16-20(27)25(2)3)22-6-5-7-26-8-10-29-11-9-26;/h12-14H,5-11,15-16H2,1-4H3,(H2,22,23,24);1H. The number of methoxy groups -OCH3 is 1. The Bertz CT molecular complexity index is 679. The molecule has 0 spiro atoms. The minimum Gasteiger partial charge on any atom is -0.497 e. The highest BCUT2D eigenvalue weighted by molar-refractivity contribution is 14.0. The van der Waals surface area contributed by atoms with Gasteiger partial charge in [-0.2, -0.15) is 0 Å². The van der Waals surface area contributed by atoms with E-state index in [0.29, 0.717) is 12.5 Å². The van der Waals surface area contributed by atoms with Gasteiger partial charge in [0.15, 0.2) is 5.96 Å². The van der Waals surface area contributed by atoms with Crippen molar-refractivity contribution in [2.75, 3.05) is 67.1 Å². The number of carbonyl (C=O) groups excluding carboxylic acids is 1. The van der Waals surface area contributed by atoms with Crippen molar-refractivity contribution < 1.29 is 14.3 Å². The molecule has 0 saturated carbocycles. The molecule has 30 heavy (non-hydrogen) atoms. The number of carbonyl (C=O) groups is 1. The predicted molar refractivity (Wildman–Crippen MR) is 131 cm³/mol. The molecular formula is C21H36IN5O3. The van der Waals surface area contributed by atoms with Crippen molar-refractivity contribution in [1.82, 2.24) is 20.4 Å². The zero-order valence-corrected chi connectivity index (χ0v) is 20.9. The van der Waals surface area contributed by atoms with Crippen LogP contribution >= 0.6 is 24.0 Å². The number of nitrogens with one attached hydrogen (secondary N) is 2. The van der Waals surface area contributed by atoms with Crippen molar-refractivity contribution in [3.05, 3.63) is 29.3 Å². The molecule has 1 fully saturated rings. The first kappa shape index (κ1) is 26.4. The van der Waals surface area contributed by atoms with Crippen molar-refractivity contribution >= 4 is 35.8 Å². The Kier molecular flexibility index (Phi) is 12.7. The third kappa shape index (κ3) is 9.94. The van der Waals surface area contributed by atoms with Gasteiger partial charge in [0.25, 0.3) is 0 Å². The molecule has 1 aliphatic heterocycles. The Morgan fingerprint density at radius 2 is 1.97 bits per heavy atom. The van der Waals surface area contributed by atoms with Crippen LogP contribution in [0, 0.1) is 6.92 Å². The Morgan fingerprint density at radius 3 is 2.63 bits per heavy atom. The number of hydrogen-bond acceptors (Lipinski definition) is 5. The van der Waals surface area contributed by atoms with E-state index in [-0.39, 0.29) is 36.4 Å². The Labute approximate surface area is 197 Å². The molecule has 9 heteroatoms. The summed E-state index contributed by atoms with van der Waals surface area (Å²) in [6, 6.07) is 6.07. The summed E-state index contributed by atoms with van der Waals surface area (Å²) < 4.78 is 10.7. The van der Waals surface area contributed by atoms with Crippen molar-refractivity contribution in [3.63, 3.8) is 0 Å². The number of amides is 1. The smallest absolute Gasteiger partial charge is 0.241 e. The number of benzene rings is 1. The number of halogens is 1. The quantitative estimate of drug-likeness (QED) is 0.217. The van der Waals surface area contributed by atoms with Crippen molar-refractivity contribution in [1.29, 1.82) is 0 Å². The predicted octanol–water partition coefficient (Wildman–Crippen LogP) is 1.47. The minimum atomic E-state index is 0. The molecule has 1 amide bonds. The second-order valence-corrected chi connectivity index (χ2v) is 7.40. The van der Waals surface area contributed by atoms with Gasteiger partial charge in [-0.1, -0.05) is 6.07 Å². The number of guanidine groups is 1. The maximum Gasteiger partial charge on any atom is 0.241 e. The normalized spacial score (nSPS) is 14.6. The monoisotopic (exact) mass is 533 g/mol. The summed E-state index contributed by atoms with van der Waals surface area (Å²) in [4.78, 5) is 20.6. The molecule has 2 N–H and O–H groups in total. The Morgan fingerprint density at radius 1 is 1.23 bits per heavy atom. The van der Waals surface area contributed by atoms with Crippen LogP contribution in [0.2, 0.25) is 0 Å². The molecule has 0 unspecified atom stereocenters. The first-order valence-electron chi connectivity index (χ1n) is 10.1. The van der Waals surface area contributed by atoms with Gasteiger partial charge in [0.2, 0.25) is 5.91 Å². The molecule has 0 bridgehead atoms. The van der Waals surface area contributed by atoms with Crippen LogP contribution in [-0.2, 0) is 16.1 Å². The minimum absolute atomic E-state index is 0. The summed E-state index contributed by atoms with van der Waals surface area (Å²) in [6.07, 6.45) is 1.00. The first-order chi connectivity index (χ1) is 14.0. The maximum atomic E-state index is 11.9. The van der Waals surface area contributed by atoms with Crippen molar-refractivity contribution in [2.24, 2.45) is 4.99 Å². The molecular weight excluding hydrogens is 497 g/mol. The fraction of sp³-hybridized carbons (Fsp3) is 0.619. The molecule has 0 aromatic heterocycles. The lowest BCUT2D eigenvalue weighted by molar-refractivity contribution is -0.127. The largest absolute Gasteiger partial charge is 0.497 e. The number of aliphatic imine (C=N–C) groups is 1. The van der Waals surface area contributed by atoms with Crippen molar-refractivity contribution in [3.8, 4) is 5.75 Å². The van der Waals surface area contributed by atoms with Gasteiger partial charge < -0.3 is 25.0 Å². The molecule has 0 radical (unpaired) electrons. The molecule has 1 aliphatic rings. The molecule has 1 aromatic rings. The van der Waals surface area contributed by atoms with Gasteiger partial charge in [-0.3, -0.25) is 9.69 Å². The Hall–Kier alpha value is -1.59. The lowest BCUT2D eigenvalue weighted by atomic mass is 10.1. The number of likely N-dealkylation sites (N-methyl/N-ethyl adjacent to an activating group) is 1. The van der Waals surface area contributed by atoms with Gasteiger partial charge >= 0.3 is 0 Å². The average molecular weight is 533 g/mol.